The summed E-state index contributed by atoms with van der Waals surface area (Å²) in [5.41, 5.74) is 2.28. The first-order chi connectivity index (χ1) is 9.33. The average molecular weight is 321 g/mol. The lowest BCUT2D eigenvalue weighted by Gasteiger charge is -2.01. The maximum atomic E-state index is 9.78. The number of nitrogens with zero attached hydrogens (tertiary/aromatic N) is 2. The first kappa shape index (κ1) is 17.0. The van der Waals surface area contributed by atoms with Crippen LogP contribution in [-0.2, 0) is 0 Å². The molecule has 3 nitrogen and oxygen atoms in total. The number of phenolic OH excluding ortho intramolecular Hbond substituents is 1. The van der Waals surface area contributed by atoms with E-state index in [-0.39, 0.29) is 30.6 Å². The molecule has 0 bridgehead atoms. The molecule has 0 aliphatic carbocycles. The molecule has 3 aromatic rings. The van der Waals surface area contributed by atoms with Crippen molar-refractivity contribution in [2.75, 3.05) is 0 Å². The molecule has 0 amide bonds. The number of halogens is 2. The second-order valence-electron chi connectivity index (χ2n) is 4.17. The number of pyridine rings is 2. The van der Waals surface area contributed by atoms with Crippen LogP contribution in [0.3, 0.4) is 0 Å². The minimum absolute atomic E-state index is 0. The van der Waals surface area contributed by atoms with E-state index in [4.69, 9.17) is 0 Å². The molecule has 108 valence electrons. The topological polar surface area (TPSA) is 46.0 Å². The molecule has 2 heterocycles. The normalized spacial score (nSPS) is 10.1. The number of phenols is 1. The lowest BCUT2D eigenvalue weighted by molar-refractivity contribution is 0.480. The van der Waals surface area contributed by atoms with E-state index in [1.807, 2.05) is 54.6 Å². The Bertz CT molecular complexity index is 746. The molecule has 5 heteroatoms. The molecular weight excluding hydrogens is 307 g/mol. The van der Waals surface area contributed by atoms with Gasteiger partial charge in [0.15, 0.2) is 0 Å². The van der Waals surface area contributed by atoms with Crippen molar-refractivity contribution in [3.8, 4) is 5.75 Å². The van der Waals surface area contributed by atoms with Crippen LogP contribution in [0.1, 0.15) is 11.4 Å². The van der Waals surface area contributed by atoms with Crippen LogP contribution in [0.25, 0.3) is 23.1 Å². The largest absolute Gasteiger partial charge is 0.506 e. The van der Waals surface area contributed by atoms with Crippen molar-refractivity contribution in [2.45, 2.75) is 0 Å². The number of para-hydroxylation sites is 1. The molecule has 21 heavy (non-hydrogen) atoms. The third-order valence-corrected chi connectivity index (χ3v) is 2.83. The van der Waals surface area contributed by atoms with E-state index >= 15 is 0 Å². The molecule has 0 saturated carbocycles. The zero-order valence-electron chi connectivity index (χ0n) is 11.0. The monoisotopic (exact) mass is 320 g/mol. The Hall–Kier alpha value is -2.10. The zero-order chi connectivity index (χ0) is 13.1. The van der Waals surface area contributed by atoms with Crippen molar-refractivity contribution in [3.63, 3.8) is 0 Å². The Labute approximate surface area is 135 Å². The number of rotatable bonds is 2. The molecule has 0 atom stereocenters. The van der Waals surface area contributed by atoms with Crippen molar-refractivity contribution in [3.05, 3.63) is 66.1 Å². The first-order valence-corrected chi connectivity index (χ1v) is 6.01. The Balaban J connectivity index is 0.00000110. The summed E-state index contributed by atoms with van der Waals surface area (Å²) in [4.78, 5) is 8.63. The molecule has 0 spiro atoms. The molecule has 0 unspecified atom stereocenters. The SMILES string of the molecule is Cl.Cl.Oc1cccc2ccc(C=Cc3ccccn3)nc12. The summed E-state index contributed by atoms with van der Waals surface area (Å²) in [6.45, 7) is 0. The van der Waals surface area contributed by atoms with E-state index < -0.39 is 0 Å². The van der Waals surface area contributed by atoms with Crippen molar-refractivity contribution in [2.24, 2.45) is 0 Å². The molecule has 0 radical (unpaired) electrons. The smallest absolute Gasteiger partial charge is 0.141 e. The van der Waals surface area contributed by atoms with E-state index in [0.29, 0.717) is 5.52 Å². The summed E-state index contributed by atoms with van der Waals surface area (Å²) in [5.74, 6) is 0.200. The highest BCUT2D eigenvalue weighted by molar-refractivity contribution is 5.86. The van der Waals surface area contributed by atoms with Gasteiger partial charge < -0.3 is 5.11 Å². The van der Waals surface area contributed by atoms with Gasteiger partial charge in [0.05, 0.1) is 11.4 Å². The molecule has 1 aromatic carbocycles. The van der Waals surface area contributed by atoms with Crippen LogP contribution in [-0.4, -0.2) is 15.1 Å². The molecule has 3 rings (SSSR count). The number of hydrogen-bond donors (Lipinski definition) is 1. The summed E-state index contributed by atoms with van der Waals surface area (Å²) in [6.07, 6.45) is 5.53. The highest BCUT2D eigenvalue weighted by Gasteiger charge is 2.00. The Morgan fingerprint density at radius 3 is 2.38 bits per heavy atom. The van der Waals surface area contributed by atoms with Crippen LogP contribution >= 0.6 is 24.8 Å². The van der Waals surface area contributed by atoms with Gasteiger partial charge in [-0.3, -0.25) is 4.98 Å². The Morgan fingerprint density at radius 2 is 1.62 bits per heavy atom. The van der Waals surface area contributed by atoms with Gasteiger partial charge >= 0.3 is 0 Å². The Morgan fingerprint density at radius 1 is 0.810 bits per heavy atom. The van der Waals surface area contributed by atoms with Gasteiger partial charge in [0.2, 0.25) is 0 Å². The molecule has 0 aliphatic heterocycles. The third kappa shape index (κ3) is 3.94. The highest BCUT2D eigenvalue weighted by atomic mass is 35.5. The average Bonchev–Trinajstić information content (AvgIpc) is 2.47. The van der Waals surface area contributed by atoms with Gasteiger partial charge in [0.25, 0.3) is 0 Å². The van der Waals surface area contributed by atoms with E-state index in [2.05, 4.69) is 9.97 Å². The maximum absolute atomic E-state index is 9.78. The van der Waals surface area contributed by atoms with Gasteiger partial charge in [-0.15, -0.1) is 24.8 Å². The van der Waals surface area contributed by atoms with Gasteiger partial charge in [-0.2, -0.15) is 0 Å². The molecule has 0 saturated heterocycles. The van der Waals surface area contributed by atoms with Crippen molar-refractivity contribution < 1.29 is 5.11 Å². The van der Waals surface area contributed by atoms with Crippen LogP contribution in [0.4, 0.5) is 0 Å². The second-order valence-corrected chi connectivity index (χ2v) is 4.17. The second kappa shape index (κ2) is 7.62. The van der Waals surface area contributed by atoms with E-state index in [9.17, 15) is 5.11 Å². The van der Waals surface area contributed by atoms with Crippen LogP contribution in [0.5, 0.6) is 5.75 Å². The third-order valence-electron chi connectivity index (χ3n) is 2.83. The van der Waals surface area contributed by atoms with Crippen LogP contribution < -0.4 is 0 Å². The predicted octanol–water partition coefficient (Wildman–Crippen LogP) is 4.35. The minimum Gasteiger partial charge on any atom is -0.506 e. The molecular formula is C16H14Cl2N2O. The van der Waals surface area contributed by atoms with Gasteiger partial charge in [0, 0.05) is 11.6 Å². The first-order valence-electron chi connectivity index (χ1n) is 6.01. The summed E-state index contributed by atoms with van der Waals surface area (Å²) in [7, 11) is 0. The number of aromatic hydroxyl groups is 1. The van der Waals surface area contributed by atoms with Gasteiger partial charge in [-0.1, -0.05) is 24.3 Å². The quantitative estimate of drug-likeness (QED) is 0.763. The fourth-order valence-corrected chi connectivity index (χ4v) is 1.88. The van der Waals surface area contributed by atoms with Crippen LogP contribution in [0.15, 0.2) is 54.7 Å². The summed E-state index contributed by atoms with van der Waals surface area (Å²) >= 11 is 0. The Kier molecular flexibility index (Phi) is 6.15. The van der Waals surface area contributed by atoms with Gasteiger partial charge in [0.1, 0.15) is 11.3 Å². The summed E-state index contributed by atoms with van der Waals surface area (Å²) in [6, 6.07) is 15.0. The highest BCUT2D eigenvalue weighted by Crippen LogP contribution is 2.22. The molecule has 0 aliphatic rings. The summed E-state index contributed by atoms with van der Waals surface area (Å²) < 4.78 is 0. The fraction of sp³-hybridized carbons (Fsp3) is 0. The molecule has 2 aromatic heterocycles. The molecule has 1 N–H and O–H groups in total. The van der Waals surface area contributed by atoms with Gasteiger partial charge in [-0.05, 0) is 36.4 Å². The van der Waals surface area contributed by atoms with E-state index in [1.165, 1.54) is 0 Å². The lowest BCUT2D eigenvalue weighted by atomic mass is 10.2. The lowest BCUT2D eigenvalue weighted by Crippen LogP contribution is -1.84. The standard InChI is InChI=1S/C16H12N2O.2ClH/c19-15-6-3-4-12-7-8-14(18-16(12)15)10-9-13-5-1-2-11-17-13;;/h1-11,19H;2*1H. The van der Waals surface area contributed by atoms with E-state index in [0.717, 1.165) is 16.8 Å². The zero-order valence-corrected chi connectivity index (χ0v) is 12.6. The number of fused-ring (bicyclic) bond motifs is 1. The van der Waals surface area contributed by atoms with Crippen molar-refractivity contribution in [1.82, 2.24) is 9.97 Å². The van der Waals surface area contributed by atoms with Crippen LogP contribution in [0.2, 0.25) is 0 Å². The fourth-order valence-electron chi connectivity index (χ4n) is 1.88. The predicted molar refractivity (Wildman–Crippen MR) is 91.1 cm³/mol. The van der Waals surface area contributed by atoms with Gasteiger partial charge in [-0.25, -0.2) is 4.98 Å². The van der Waals surface area contributed by atoms with Crippen molar-refractivity contribution >= 4 is 47.9 Å². The maximum Gasteiger partial charge on any atom is 0.141 e. The number of aromatic nitrogens is 2. The number of benzene rings is 1. The van der Waals surface area contributed by atoms with Crippen molar-refractivity contribution in [1.29, 1.82) is 0 Å². The van der Waals surface area contributed by atoms with E-state index in [1.54, 1.807) is 12.3 Å². The van der Waals surface area contributed by atoms with Crippen LogP contribution in [0, 0.1) is 0 Å². The minimum atomic E-state index is 0. The summed E-state index contributed by atoms with van der Waals surface area (Å²) in [5, 5.41) is 10.7. The number of hydrogen-bond acceptors (Lipinski definition) is 3. The molecule has 0 fully saturated rings.